The van der Waals surface area contributed by atoms with E-state index in [9.17, 15) is 14.4 Å². The Morgan fingerprint density at radius 2 is 1.91 bits per heavy atom. The molecule has 7 rings (SSSR count). The molecule has 14 nitrogen and oxygen atoms in total. The summed E-state index contributed by atoms with van der Waals surface area (Å²) in [7, 11) is 0. The van der Waals surface area contributed by atoms with Gasteiger partial charge in [-0.1, -0.05) is 19.4 Å². The quantitative estimate of drug-likeness (QED) is 0.167. The molecule has 0 radical (unpaired) electrons. The first-order valence-electron chi connectivity index (χ1n) is 15.4. The molecule has 5 aromatic heterocycles. The van der Waals surface area contributed by atoms with Crippen LogP contribution in [0.2, 0.25) is 0 Å². The van der Waals surface area contributed by atoms with Crippen LogP contribution in [0.15, 0.2) is 54.0 Å². The second-order valence-electron chi connectivity index (χ2n) is 12.2. The van der Waals surface area contributed by atoms with E-state index in [4.69, 9.17) is 0 Å². The fraction of sp³-hybridized carbons (Fsp3) is 0.375. The number of halogens is 1. The SMILES string of the molecule is CCCc1ccc(Br)nc1NC(=O)[C@@H]1C[C@@]2(Cn3cncn3)C[C@H]2N1C(=O)Cn1nc(C(C)=O)c2cc(-c3cnc(C)nc3)ncc21. The number of fused-ring (bicyclic) bond motifs is 2. The number of carbonyl (C=O) groups excluding carboxylic acids is 3. The maximum atomic E-state index is 14.2. The lowest BCUT2D eigenvalue weighted by molar-refractivity contribution is -0.138. The van der Waals surface area contributed by atoms with Crippen LogP contribution in [0, 0.1) is 12.3 Å². The van der Waals surface area contributed by atoms with E-state index in [0.29, 0.717) is 51.4 Å². The summed E-state index contributed by atoms with van der Waals surface area (Å²) in [4.78, 5) is 64.3. The molecule has 2 amide bonds. The van der Waals surface area contributed by atoms with Crippen LogP contribution in [0.3, 0.4) is 0 Å². The van der Waals surface area contributed by atoms with Gasteiger partial charge in [0, 0.05) is 41.7 Å². The summed E-state index contributed by atoms with van der Waals surface area (Å²) in [5.41, 5.74) is 2.66. The molecule has 47 heavy (non-hydrogen) atoms. The first-order chi connectivity index (χ1) is 22.7. The summed E-state index contributed by atoms with van der Waals surface area (Å²) in [6, 6.07) is 4.66. The topological polar surface area (TPSA) is 167 Å². The summed E-state index contributed by atoms with van der Waals surface area (Å²) < 4.78 is 3.86. The number of ketones is 1. The number of aromatic nitrogens is 9. The van der Waals surface area contributed by atoms with Crippen LogP contribution in [-0.4, -0.2) is 79.1 Å². The van der Waals surface area contributed by atoms with Crippen molar-refractivity contribution >= 4 is 50.2 Å². The highest BCUT2D eigenvalue weighted by Crippen LogP contribution is 2.60. The Bertz CT molecular complexity index is 2010. The maximum Gasteiger partial charge on any atom is 0.248 e. The number of amides is 2. The largest absolute Gasteiger partial charge is 0.325 e. The Hall–Kier alpha value is -4.92. The van der Waals surface area contributed by atoms with Crippen molar-refractivity contribution in [1.82, 2.24) is 49.4 Å². The smallest absolute Gasteiger partial charge is 0.248 e. The van der Waals surface area contributed by atoms with Crippen LogP contribution in [0.1, 0.15) is 55.0 Å². The minimum atomic E-state index is -0.736. The van der Waals surface area contributed by atoms with Gasteiger partial charge in [-0.05, 0) is 59.8 Å². The zero-order chi connectivity index (χ0) is 32.9. The predicted octanol–water partition coefficient (Wildman–Crippen LogP) is 3.80. The van der Waals surface area contributed by atoms with Crippen LogP contribution in [0.5, 0.6) is 0 Å². The average molecular weight is 699 g/mol. The molecular formula is C32H32BrN11O3. The number of aryl methyl sites for hydroxylation is 2. The first-order valence-corrected chi connectivity index (χ1v) is 16.2. The first kappa shape index (κ1) is 30.7. The highest BCUT2D eigenvalue weighted by molar-refractivity contribution is 9.10. The van der Waals surface area contributed by atoms with Crippen molar-refractivity contribution in [2.75, 3.05) is 5.32 Å². The van der Waals surface area contributed by atoms with Gasteiger partial charge in [-0.3, -0.25) is 28.7 Å². The van der Waals surface area contributed by atoms with Crippen molar-refractivity contribution < 1.29 is 14.4 Å². The van der Waals surface area contributed by atoms with Gasteiger partial charge in [0.1, 0.15) is 47.2 Å². The molecule has 6 heterocycles. The van der Waals surface area contributed by atoms with E-state index in [1.807, 2.05) is 12.1 Å². The van der Waals surface area contributed by atoms with Crippen molar-refractivity contribution in [3.63, 3.8) is 0 Å². The standard InChI is InChI=1S/C32H32BrN11O3/c1-4-5-20-6-7-27(33)39-30(20)40-31(47)24-9-32(15-42-17-34-16-38-42)10-26(32)44(24)28(46)14-43-25-13-37-23(21-11-35-19(3)36-12-21)8-22(25)29(41-43)18(2)45/h6-8,11-13,16-17,24,26H,4-5,9-10,14-15H2,1-3H3,(H,39,40,47)/t24-,26+,32-/m0/s1. The molecule has 2 aliphatic rings. The molecule has 240 valence electrons. The Kier molecular flexibility index (Phi) is 7.86. The normalized spacial score (nSPS) is 20.0. The van der Waals surface area contributed by atoms with E-state index in [0.717, 1.165) is 24.8 Å². The zero-order valence-corrected chi connectivity index (χ0v) is 27.7. The number of likely N-dealkylation sites (tertiary alicyclic amines) is 1. The molecule has 0 unspecified atom stereocenters. The molecule has 0 aromatic carbocycles. The Morgan fingerprint density at radius 1 is 1.11 bits per heavy atom. The van der Waals surface area contributed by atoms with Crippen LogP contribution in [0.25, 0.3) is 22.2 Å². The Morgan fingerprint density at radius 3 is 2.64 bits per heavy atom. The van der Waals surface area contributed by atoms with E-state index < -0.39 is 6.04 Å². The van der Waals surface area contributed by atoms with Crippen molar-refractivity contribution in [2.24, 2.45) is 5.41 Å². The molecule has 1 aliphatic heterocycles. The van der Waals surface area contributed by atoms with Crippen LogP contribution >= 0.6 is 15.9 Å². The van der Waals surface area contributed by atoms with Crippen molar-refractivity contribution in [1.29, 1.82) is 0 Å². The predicted molar refractivity (Wildman–Crippen MR) is 174 cm³/mol. The summed E-state index contributed by atoms with van der Waals surface area (Å²) in [5, 5.41) is 12.4. The van der Waals surface area contributed by atoms with Gasteiger partial charge in [-0.15, -0.1) is 0 Å². The molecule has 3 atom stereocenters. The van der Waals surface area contributed by atoms with Crippen molar-refractivity contribution in [3.8, 4) is 11.3 Å². The number of nitrogens with zero attached hydrogens (tertiary/aromatic N) is 10. The molecule has 1 aliphatic carbocycles. The van der Waals surface area contributed by atoms with Gasteiger partial charge in [-0.25, -0.2) is 19.9 Å². The van der Waals surface area contributed by atoms with Crippen molar-refractivity contribution in [2.45, 2.75) is 71.6 Å². The van der Waals surface area contributed by atoms with Gasteiger partial charge in [0.15, 0.2) is 5.78 Å². The van der Waals surface area contributed by atoms with Gasteiger partial charge in [0.25, 0.3) is 0 Å². The molecular weight excluding hydrogens is 666 g/mol. The fourth-order valence-corrected chi connectivity index (χ4v) is 6.98. The number of hydrogen-bond acceptors (Lipinski definition) is 10. The monoisotopic (exact) mass is 697 g/mol. The second kappa shape index (κ2) is 12.0. The third-order valence-electron chi connectivity index (χ3n) is 8.99. The van der Waals surface area contributed by atoms with Gasteiger partial charge in [-0.2, -0.15) is 10.2 Å². The van der Waals surface area contributed by atoms with E-state index in [2.05, 4.69) is 63.3 Å². The number of piperidine rings is 1. The zero-order valence-electron chi connectivity index (χ0n) is 26.1. The number of Topliss-reactive ketones (excluding diaryl/α,β-unsaturated/α-hetero) is 1. The maximum absolute atomic E-state index is 14.2. The number of hydrogen-bond donors (Lipinski definition) is 1. The Balaban J connectivity index is 1.20. The van der Waals surface area contributed by atoms with Crippen LogP contribution in [-0.2, 0) is 29.1 Å². The van der Waals surface area contributed by atoms with Gasteiger partial charge in [0.05, 0.1) is 24.0 Å². The lowest BCUT2D eigenvalue weighted by Gasteiger charge is -2.27. The minimum absolute atomic E-state index is 0.166. The number of pyridine rings is 2. The summed E-state index contributed by atoms with van der Waals surface area (Å²) in [5.74, 6) is 0.298. The summed E-state index contributed by atoms with van der Waals surface area (Å²) in [6.07, 6.45) is 10.9. The number of anilines is 1. The molecule has 1 N–H and O–H groups in total. The third-order valence-corrected chi connectivity index (χ3v) is 9.43. The Labute approximate surface area is 278 Å². The van der Waals surface area contributed by atoms with Gasteiger partial charge >= 0.3 is 0 Å². The average Bonchev–Trinajstić information content (AvgIpc) is 3.37. The summed E-state index contributed by atoms with van der Waals surface area (Å²) in [6.45, 7) is 5.67. The van der Waals surface area contributed by atoms with Crippen LogP contribution < -0.4 is 5.32 Å². The van der Waals surface area contributed by atoms with E-state index in [-0.39, 0.29) is 41.3 Å². The van der Waals surface area contributed by atoms with Crippen molar-refractivity contribution in [3.05, 3.63) is 71.1 Å². The van der Waals surface area contributed by atoms with Gasteiger partial charge < -0.3 is 10.2 Å². The fourth-order valence-electron chi connectivity index (χ4n) is 6.67. The molecule has 0 bridgehead atoms. The molecule has 1 saturated heterocycles. The number of carbonyl (C=O) groups is 3. The van der Waals surface area contributed by atoms with E-state index in [1.165, 1.54) is 17.9 Å². The molecule has 1 saturated carbocycles. The lowest BCUT2D eigenvalue weighted by atomic mass is 9.99. The van der Waals surface area contributed by atoms with E-state index >= 15 is 0 Å². The number of nitrogens with one attached hydrogen (secondary N) is 1. The second-order valence-corrected chi connectivity index (χ2v) is 13.1. The minimum Gasteiger partial charge on any atom is -0.325 e. The highest BCUT2D eigenvalue weighted by atomic mass is 79.9. The highest BCUT2D eigenvalue weighted by Gasteiger charge is 2.67. The third kappa shape index (κ3) is 5.79. The number of rotatable bonds is 10. The molecule has 15 heteroatoms. The molecule has 0 spiro atoms. The molecule has 5 aromatic rings. The van der Waals surface area contributed by atoms with Gasteiger partial charge in [0.2, 0.25) is 11.8 Å². The summed E-state index contributed by atoms with van der Waals surface area (Å²) >= 11 is 3.42. The lowest BCUT2D eigenvalue weighted by Crippen LogP contribution is -2.47. The molecule has 2 fully saturated rings. The van der Waals surface area contributed by atoms with Crippen LogP contribution in [0.4, 0.5) is 5.82 Å². The van der Waals surface area contributed by atoms with E-state index in [1.54, 1.807) is 47.5 Å².